The van der Waals surface area contributed by atoms with Gasteiger partial charge in [-0.25, -0.2) is 0 Å². The number of halogens is 2. The number of hydrogen-bond donors (Lipinski definition) is 0. The quantitative estimate of drug-likeness (QED) is 0.0670. The minimum absolute atomic E-state index is 0. The van der Waals surface area contributed by atoms with E-state index in [-0.39, 0.29) is 77.9 Å². The Kier molecular flexibility index (Phi) is 48.6. The van der Waals surface area contributed by atoms with E-state index >= 15 is 0 Å². The molecule has 0 saturated heterocycles. The first-order chi connectivity index (χ1) is 23.3. The molecule has 0 saturated carbocycles. The van der Waals surface area contributed by atoms with E-state index < -0.39 is 0 Å². The van der Waals surface area contributed by atoms with Crippen molar-refractivity contribution in [2.75, 3.05) is 52.4 Å². The Morgan fingerprint density at radius 2 is 0.580 bits per heavy atom. The standard InChI is InChI=1S/2C16H36N.C10H8N2Se2.2HI/c2*1-5-9-13-17(14-10-6-2,15-11-7-3)16-12-8-4;11-7-13-5-9-1-2-10(4-3-9)6-14-8-12;;/h2*5-16H2,1-4H3;1-4H,5-6H2;2*1H/q2*+1;;;/p-2. The Bertz CT molecular complexity index is 754. The van der Waals surface area contributed by atoms with Gasteiger partial charge in [-0.05, 0) is 51.4 Å². The molecule has 50 heavy (non-hydrogen) atoms. The maximum Gasteiger partial charge on any atom is -1.00 e. The monoisotopic (exact) mass is 1050 g/mol. The van der Waals surface area contributed by atoms with Gasteiger partial charge in [-0.2, -0.15) is 0 Å². The zero-order chi connectivity index (χ0) is 36.2. The van der Waals surface area contributed by atoms with Gasteiger partial charge in [0.25, 0.3) is 0 Å². The van der Waals surface area contributed by atoms with Crippen molar-refractivity contribution in [2.24, 2.45) is 0 Å². The average molecular weight is 1050 g/mol. The second-order valence-electron chi connectivity index (χ2n) is 13.9. The SMILES string of the molecule is CCCC[N+](CCCC)(CCCC)CCCC.CCCC[N+](CCCC)(CCCC)CCCC.N#C[Se]Cc1ccc(C[Se]C#N)cc1.[I-].[I-]. The molecule has 0 fully saturated rings. The van der Waals surface area contributed by atoms with Crippen molar-refractivity contribution in [3.05, 3.63) is 35.4 Å². The molecule has 8 heteroatoms. The molecule has 0 aromatic heterocycles. The van der Waals surface area contributed by atoms with E-state index in [1.807, 2.05) is 0 Å². The van der Waals surface area contributed by atoms with Crippen LogP contribution in [-0.2, 0) is 10.6 Å². The van der Waals surface area contributed by atoms with Crippen LogP contribution >= 0.6 is 0 Å². The van der Waals surface area contributed by atoms with E-state index in [2.05, 4.69) is 89.6 Å². The minimum atomic E-state index is 0. The Morgan fingerprint density at radius 1 is 0.400 bits per heavy atom. The fraction of sp³-hybridized carbons (Fsp3) is 0.810. The molecular formula is C42H80I2N4Se2. The summed E-state index contributed by atoms with van der Waals surface area (Å²) in [5.41, 5.74) is 2.44. The van der Waals surface area contributed by atoms with Crippen LogP contribution in [0.1, 0.15) is 169 Å². The van der Waals surface area contributed by atoms with Crippen molar-refractivity contribution in [2.45, 2.75) is 169 Å². The molecule has 0 spiro atoms. The third-order valence-corrected chi connectivity index (χ3v) is 12.1. The molecule has 0 N–H and O–H groups in total. The molecule has 0 unspecified atom stereocenters. The second kappa shape index (κ2) is 42.4. The first kappa shape index (κ1) is 57.3. The largest absolute Gasteiger partial charge is 1.00 e. The van der Waals surface area contributed by atoms with Gasteiger partial charge in [0.2, 0.25) is 0 Å². The molecule has 0 aliphatic heterocycles. The van der Waals surface area contributed by atoms with E-state index in [1.54, 1.807) is 0 Å². The van der Waals surface area contributed by atoms with Gasteiger partial charge in [0, 0.05) is 0 Å². The van der Waals surface area contributed by atoms with E-state index in [0.717, 1.165) is 10.6 Å². The van der Waals surface area contributed by atoms with Crippen LogP contribution in [0.25, 0.3) is 0 Å². The number of nitriles is 2. The topological polar surface area (TPSA) is 47.6 Å². The molecule has 1 aromatic rings. The molecule has 1 aromatic carbocycles. The summed E-state index contributed by atoms with van der Waals surface area (Å²) in [4.78, 5) is 4.38. The van der Waals surface area contributed by atoms with Gasteiger partial charge >= 0.3 is 96.4 Å². The van der Waals surface area contributed by atoms with E-state index in [9.17, 15) is 0 Å². The van der Waals surface area contributed by atoms with Crippen LogP contribution in [0.2, 0.25) is 0 Å². The predicted octanol–water partition coefficient (Wildman–Crippen LogP) is 5.07. The van der Waals surface area contributed by atoms with Crippen molar-refractivity contribution in [1.82, 2.24) is 0 Å². The summed E-state index contributed by atoms with van der Waals surface area (Å²) in [5.74, 6) is 0. The third-order valence-electron chi connectivity index (χ3n) is 9.52. The number of unbranched alkanes of at least 4 members (excludes halogenated alkanes) is 8. The summed E-state index contributed by atoms with van der Waals surface area (Å²) < 4.78 is 2.84. The van der Waals surface area contributed by atoms with Gasteiger partial charge in [0.1, 0.15) is 0 Å². The van der Waals surface area contributed by atoms with Gasteiger partial charge in [0.15, 0.2) is 0 Å². The summed E-state index contributed by atoms with van der Waals surface area (Å²) in [7, 11) is 0. The van der Waals surface area contributed by atoms with Gasteiger partial charge in [-0.1, -0.05) is 107 Å². The summed E-state index contributed by atoms with van der Waals surface area (Å²) in [6.07, 6.45) is 22.1. The second-order valence-corrected chi connectivity index (χ2v) is 17.1. The van der Waals surface area contributed by atoms with Crippen molar-refractivity contribution >= 4 is 29.9 Å². The summed E-state index contributed by atoms with van der Waals surface area (Å²) >= 11 is 0.135. The van der Waals surface area contributed by atoms with Crippen LogP contribution < -0.4 is 48.0 Å². The normalized spacial score (nSPS) is 10.7. The Balaban J connectivity index is -0.000000312. The van der Waals surface area contributed by atoms with Crippen LogP contribution in [0.3, 0.4) is 0 Å². The number of benzene rings is 1. The summed E-state index contributed by atoms with van der Waals surface area (Å²) in [6, 6.07) is 8.23. The first-order valence-corrected chi connectivity index (χ1v) is 24.3. The Morgan fingerprint density at radius 3 is 0.720 bits per heavy atom. The van der Waals surface area contributed by atoms with E-state index in [1.165, 1.54) is 175 Å². The zero-order valence-electron chi connectivity index (χ0n) is 34.1. The van der Waals surface area contributed by atoms with E-state index in [0.29, 0.717) is 0 Å². The molecule has 0 atom stereocenters. The maximum absolute atomic E-state index is 8.44. The molecule has 294 valence electrons. The molecule has 0 radical (unpaired) electrons. The Hall–Kier alpha value is 0.619. The Labute approximate surface area is 360 Å². The van der Waals surface area contributed by atoms with Crippen molar-refractivity contribution in [3.8, 4) is 9.94 Å². The van der Waals surface area contributed by atoms with Gasteiger partial charge in [-0.3, -0.25) is 0 Å². The molecular weight excluding hydrogens is 972 g/mol. The van der Waals surface area contributed by atoms with Crippen LogP contribution in [-0.4, -0.2) is 91.2 Å². The fourth-order valence-corrected chi connectivity index (χ4v) is 8.03. The molecule has 4 nitrogen and oxygen atoms in total. The zero-order valence-corrected chi connectivity index (χ0v) is 41.8. The number of hydrogen-bond acceptors (Lipinski definition) is 2. The van der Waals surface area contributed by atoms with Crippen LogP contribution in [0.15, 0.2) is 24.3 Å². The average Bonchev–Trinajstić information content (AvgIpc) is 3.13. The molecule has 0 bridgehead atoms. The van der Waals surface area contributed by atoms with E-state index in [4.69, 9.17) is 10.5 Å². The third kappa shape index (κ3) is 32.1. The molecule has 0 amide bonds. The van der Waals surface area contributed by atoms with Crippen LogP contribution in [0, 0.1) is 20.5 Å². The number of nitrogens with zero attached hydrogens (tertiary/aromatic N) is 4. The van der Waals surface area contributed by atoms with Gasteiger partial charge in [0.05, 0.1) is 52.4 Å². The van der Waals surface area contributed by atoms with Crippen molar-refractivity contribution in [1.29, 1.82) is 10.5 Å². The fourth-order valence-electron chi connectivity index (χ4n) is 6.25. The van der Waals surface area contributed by atoms with Crippen LogP contribution in [0.5, 0.6) is 0 Å². The first-order valence-electron chi connectivity index (χ1n) is 20.1. The van der Waals surface area contributed by atoms with Gasteiger partial charge < -0.3 is 56.9 Å². The molecule has 1 rings (SSSR count). The molecule has 0 heterocycles. The molecule has 0 aliphatic rings. The minimum Gasteiger partial charge on any atom is -1.00 e. The summed E-state index contributed by atoms with van der Waals surface area (Å²) in [6.45, 7) is 30.0. The predicted molar refractivity (Wildman–Crippen MR) is 215 cm³/mol. The van der Waals surface area contributed by atoms with Crippen molar-refractivity contribution < 1.29 is 56.9 Å². The maximum atomic E-state index is 8.44. The molecule has 0 aliphatic carbocycles. The number of rotatable bonds is 28. The smallest absolute Gasteiger partial charge is 1.00 e. The van der Waals surface area contributed by atoms with Crippen LogP contribution in [0.4, 0.5) is 0 Å². The van der Waals surface area contributed by atoms with Gasteiger partial charge in [-0.15, -0.1) is 0 Å². The van der Waals surface area contributed by atoms with Crippen molar-refractivity contribution in [3.63, 3.8) is 0 Å². The number of quaternary nitrogens is 2. The summed E-state index contributed by atoms with van der Waals surface area (Å²) in [5, 5.41) is 18.6.